The Morgan fingerprint density at radius 1 is 1.24 bits per heavy atom. The van der Waals surface area contributed by atoms with Gasteiger partial charge in [0.2, 0.25) is 11.7 Å². The van der Waals surface area contributed by atoms with Crippen LogP contribution in [0.15, 0.2) is 58.3 Å². The van der Waals surface area contributed by atoms with Crippen molar-refractivity contribution in [3.8, 4) is 11.5 Å². The molecule has 1 aliphatic rings. The minimum Gasteiger partial charge on any atom is -0.343 e. The van der Waals surface area contributed by atoms with Gasteiger partial charge in [0.05, 0.1) is 29.2 Å². The van der Waals surface area contributed by atoms with Gasteiger partial charge in [-0.25, -0.2) is 4.39 Å². The maximum Gasteiger partial charge on any atom is 0.406 e. The number of piperidine rings is 1. The summed E-state index contributed by atoms with van der Waals surface area (Å²) in [6.07, 6.45) is -2.44. The third-order valence-electron chi connectivity index (χ3n) is 6.15. The second-order valence-electron chi connectivity index (χ2n) is 8.95. The number of aromatic nitrogens is 4. The molecule has 0 aliphatic carbocycles. The minimum atomic E-state index is -4.54. The molecule has 1 aromatic carbocycles. The van der Waals surface area contributed by atoms with Gasteiger partial charge in [-0.15, -0.1) is 0 Å². The highest BCUT2D eigenvalue weighted by molar-refractivity contribution is 5.99. The number of amides is 1. The lowest BCUT2D eigenvalue weighted by Crippen LogP contribution is -2.39. The molecule has 1 aliphatic heterocycles. The molecule has 5 rings (SSSR count). The lowest BCUT2D eigenvalue weighted by Gasteiger charge is -2.26. The zero-order valence-corrected chi connectivity index (χ0v) is 20.2. The molecule has 1 saturated heterocycles. The summed E-state index contributed by atoms with van der Waals surface area (Å²) in [6, 6.07) is 9.30. The van der Waals surface area contributed by atoms with E-state index >= 15 is 0 Å². The van der Waals surface area contributed by atoms with Crippen molar-refractivity contribution in [2.24, 2.45) is 4.99 Å². The van der Waals surface area contributed by atoms with E-state index in [0.717, 1.165) is 4.57 Å². The Bertz CT molecular complexity index is 1480. The van der Waals surface area contributed by atoms with E-state index in [9.17, 15) is 22.4 Å². The molecule has 13 heteroatoms. The first-order valence-electron chi connectivity index (χ1n) is 11.8. The molecule has 38 heavy (non-hydrogen) atoms. The number of hydrogen-bond donors (Lipinski definition) is 1. The maximum atomic E-state index is 14.6. The molecule has 0 radical (unpaired) electrons. The number of pyridine rings is 1. The van der Waals surface area contributed by atoms with Gasteiger partial charge in [-0.1, -0.05) is 11.2 Å². The molecule has 0 unspecified atom stereocenters. The van der Waals surface area contributed by atoms with Crippen molar-refractivity contribution in [2.75, 3.05) is 20.1 Å². The molecule has 1 atom stereocenters. The van der Waals surface area contributed by atoms with Crippen LogP contribution in [0.1, 0.15) is 22.7 Å². The number of alkyl halides is 4. The quantitative estimate of drug-likeness (QED) is 0.374. The summed E-state index contributed by atoms with van der Waals surface area (Å²) >= 11 is 0. The van der Waals surface area contributed by atoms with Gasteiger partial charge in [-0.3, -0.25) is 14.8 Å². The van der Waals surface area contributed by atoms with E-state index in [2.05, 4.69) is 25.4 Å². The summed E-state index contributed by atoms with van der Waals surface area (Å²) < 4.78 is 61.5. The summed E-state index contributed by atoms with van der Waals surface area (Å²) in [5, 5.41) is 6.87. The van der Waals surface area contributed by atoms with E-state index in [1.807, 2.05) is 11.9 Å². The smallest absolute Gasteiger partial charge is 0.343 e. The standard InChI is InChI=1S/C25H23F4N7O2/c1-35-10-7-19(17(26)13-35)32-18-3-2-4-20-16(18)11-21(36(20)14-25(27,28)29)23-33-22(38-34-23)12-31-24(37)15-5-8-30-9-6-15/h2-6,8-9,11,17H,7,10,12-14H2,1H3,(H,31,37)/b32-19+/t17-/m0/s1. The Labute approximate surface area is 214 Å². The summed E-state index contributed by atoms with van der Waals surface area (Å²) in [7, 11) is 1.82. The van der Waals surface area contributed by atoms with E-state index in [0.29, 0.717) is 35.3 Å². The van der Waals surface area contributed by atoms with E-state index < -0.39 is 24.8 Å². The predicted octanol–water partition coefficient (Wildman–Crippen LogP) is 4.32. The zero-order valence-electron chi connectivity index (χ0n) is 20.2. The maximum absolute atomic E-state index is 14.6. The fourth-order valence-electron chi connectivity index (χ4n) is 4.31. The number of aliphatic imine (C=N–C) groups is 1. The van der Waals surface area contributed by atoms with Crippen molar-refractivity contribution < 1.29 is 26.9 Å². The highest BCUT2D eigenvalue weighted by Gasteiger charge is 2.31. The summed E-state index contributed by atoms with van der Waals surface area (Å²) in [5.74, 6) is -0.472. The SMILES string of the molecule is CN1CC/C(=N\c2cccc3c2cc(-c2noc(CNC(=O)c4ccncc4)n2)n3CC(F)(F)F)[C@@H](F)C1. The number of benzene rings is 1. The van der Waals surface area contributed by atoms with Gasteiger partial charge in [0.25, 0.3) is 5.91 Å². The van der Waals surface area contributed by atoms with Crippen LogP contribution < -0.4 is 5.32 Å². The van der Waals surface area contributed by atoms with E-state index in [-0.39, 0.29) is 36.0 Å². The Hall–Kier alpha value is -4.13. The minimum absolute atomic E-state index is 0.0123. The lowest BCUT2D eigenvalue weighted by atomic mass is 10.1. The second-order valence-corrected chi connectivity index (χ2v) is 8.95. The molecule has 0 saturated carbocycles. The Morgan fingerprint density at radius 3 is 2.76 bits per heavy atom. The van der Waals surface area contributed by atoms with Gasteiger partial charge < -0.3 is 19.3 Å². The van der Waals surface area contributed by atoms with Crippen molar-refractivity contribution in [2.45, 2.75) is 31.9 Å². The number of nitrogens with zero attached hydrogens (tertiary/aromatic N) is 6. The Morgan fingerprint density at radius 2 is 2.03 bits per heavy atom. The Balaban J connectivity index is 1.48. The molecule has 1 amide bonds. The van der Waals surface area contributed by atoms with Crippen molar-refractivity contribution in [3.63, 3.8) is 0 Å². The van der Waals surface area contributed by atoms with Gasteiger partial charge >= 0.3 is 6.18 Å². The van der Waals surface area contributed by atoms with Crippen LogP contribution in [0.3, 0.4) is 0 Å². The predicted molar refractivity (Wildman–Crippen MR) is 131 cm³/mol. The Kier molecular flexibility index (Phi) is 6.93. The summed E-state index contributed by atoms with van der Waals surface area (Å²) in [6.45, 7) is -0.582. The fraction of sp³-hybridized carbons (Fsp3) is 0.320. The first-order chi connectivity index (χ1) is 18.2. The van der Waals surface area contributed by atoms with Crippen LogP contribution in [0.5, 0.6) is 0 Å². The van der Waals surface area contributed by atoms with Crippen LogP contribution in [-0.2, 0) is 13.1 Å². The average Bonchev–Trinajstić information content (AvgIpc) is 3.49. The number of halogens is 4. The third kappa shape index (κ3) is 5.57. The molecule has 3 aromatic heterocycles. The van der Waals surface area contributed by atoms with Crippen LogP contribution in [0.25, 0.3) is 22.4 Å². The first-order valence-corrected chi connectivity index (χ1v) is 11.8. The van der Waals surface area contributed by atoms with Crippen molar-refractivity contribution in [3.05, 3.63) is 60.2 Å². The van der Waals surface area contributed by atoms with E-state index in [1.54, 1.807) is 12.1 Å². The number of fused-ring (bicyclic) bond motifs is 1. The van der Waals surface area contributed by atoms with Gasteiger partial charge in [-0.2, -0.15) is 18.2 Å². The molecular weight excluding hydrogens is 506 g/mol. The largest absolute Gasteiger partial charge is 0.406 e. The average molecular weight is 529 g/mol. The molecule has 0 spiro atoms. The van der Waals surface area contributed by atoms with Crippen LogP contribution >= 0.6 is 0 Å². The third-order valence-corrected chi connectivity index (χ3v) is 6.15. The summed E-state index contributed by atoms with van der Waals surface area (Å²) in [5.41, 5.74) is 1.40. The molecule has 4 heterocycles. The van der Waals surface area contributed by atoms with Crippen molar-refractivity contribution >= 4 is 28.2 Å². The van der Waals surface area contributed by atoms with E-state index in [1.165, 1.54) is 36.7 Å². The number of carbonyl (C=O) groups is 1. The van der Waals surface area contributed by atoms with Gasteiger partial charge in [-0.05, 0) is 37.4 Å². The molecule has 0 bridgehead atoms. The van der Waals surface area contributed by atoms with Gasteiger partial charge in [0, 0.05) is 42.9 Å². The van der Waals surface area contributed by atoms with Crippen LogP contribution in [-0.4, -0.2) is 68.7 Å². The lowest BCUT2D eigenvalue weighted by molar-refractivity contribution is -0.139. The second kappa shape index (κ2) is 10.3. The van der Waals surface area contributed by atoms with Gasteiger partial charge in [0.1, 0.15) is 6.54 Å². The molecular formula is C25H23F4N7O2. The normalized spacial score (nSPS) is 17.8. The number of nitrogens with one attached hydrogen (secondary N) is 1. The topological polar surface area (TPSA) is 101 Å². The van der Waals surface area contributed by atoms with Crippen LogP contribution in [0.4, 0.5) is 23.2 Å². The number of rotatable bonds is 6. The number of carbonyl (C=O) groups excluding carboxylic acids is 1. The van der Waals surface area contributed by atoms with Crippen molar-refractivity contribution in [1.29, 1.82) is 0 Å². The van der Waals surface area contributed by atoms with E-state index in [4.69, 9.17) is 4.52 Å². The molecule has 4 aromatic rings. The van der Waals surface area contributed by atoms with Crippen LogP contribution in [0.2, 0.25) is 0 Å². The first kappa shape index (κ1) is 25.5. The fourth-order valence-corrected chi connectivity index (χ4v) is 4.31. The molecule has 198 valence electrons. The zero-order chi connectivity index (χ0) is 26.9. The molecule has 1 N–H and O–H groups in total. The summed E-state index contributed by atoms with van der Waals surface area (Å²) in [4.78, 5) is 26.7. The molecule has 1 fully saturated rings. The highest BCUT2D eigenvalue weighted by atomic mass is 19.4. The highest BCUT2D eigenvalue weighted by Crippen LogP contribution is 2.35. The van der Waals surface area contributed by atoms with Gasteiger partial charge in [0.15, 0.2) is 6.17 Å². The van der Waals surface area contributed by atoms with Crippen LogP contribution in [0, 0.1) is 0 Å². The monoisotopic (exact) mass is 529 g/mol. The van der Waals surface area contributed by atoms with Crippen molar-refractivity contribution in [1.82, 2.24) is 29.9 Å². The molecule has 9 nitrogen and oxygen atoms in total. The number of likely N-dealkylation sites (tertiary alicyclic amines) is 1. The number of hydrogen-bond acceptors (Lipinski definition) is 7.